The van der Waals surface area contributed by atoms with Crippen LogP contribution in [0.3, 0.4) is 0 Å². The van der Waals surface area contributed by atoms with Gasteiger partial charge < -0.3 is 9.85 Å². The van der Waals surface area contributed by atoms with Crippen molar-refractivity contribution in [3.05, 3.63) is 65.7 Å². The zero-order valence-electron chi connectivity index (χ0n) is 12.6. The van der Waals surface area contributed by atoms with Crippen LogP contribution in [0.5, 0.6) is 0 Å². The molecule has 0 saturated heterocycles. The third-order valence-corrected chi connectivity index (χ3v) is 3.77. The van der Waals surface area contributed by atoms with Crippen molar-refractivity contribution in [3.63, 3.8) is 0 Å². The second-order valence-electron chi connectivity index (χ2n) is 4.70. The van der Waals surface area contributed by atoms with E-state index >= 15 is 0 Å². The zero-order valence-corrected chi connectivity index (χ0v) is 14.0. The van der Waals surface area contributed by atoms with Gasteiger partial charge >= 0.3 is 0 Å². The van der Waals surface area contributed by atoms with Crippen molar-refractivity contribution in [2.75, 3.05) is 13.2 Å². The predicted octanol–water partition coefficient (Wildman–Crippen LogP) is 1.91. The molecule has 0 atom stereocenters. The van der Waals surface area contributed by atoms with Crippen LogP contribution in [0, 0.1) is 5.82 Å². The molecule has 0 bridgehead atoms. The number of hydrogen-bond acceptors (Lipinski definition) is 4. The Kier molecular flexibility index (Phi) is 6.72. The van der Waals surface area contributed by atoms with E-state index < -0.39 is 0 Å². The highest BCUT2D eigenvalue weighted by molar-refractivity contribution is 6.24. The maximum absolute atomic E-state index is 13.1. The maximum atomic E-state index is 13.1. The quantitative estimate of drug-likeness (QED) is 0.350. The van der Waals surface area contributed by atoms with Crippen LogP contribution in [0.1, 0.15) is 11.1 Å². The molecule has 1 N–H and O–H groups in total. The van der Waals surface area contributed by atoms with Crippen molar-refractivity contribution in [1.29, 1.82) is 0 Å². The zero-order chi connectivity index (χ0) is 15.6. The molecule has 0 aliphatic carbocycles. The van der Waals surface area contributed by atoms with Gasteiger partial charge in [-0.1, -0.05) is 18.7 Å². The largest absolute Gasteiger partial charge is 0.422 e. The van der Waals surface area contributed by atoms with Crippen LogP contribution in [-0.4, -0.2) is 33.6 Å². The highest BCUT2D eigenvalue weighted by Gasteiger charge is 2.06. The van der Waals surface area contributed by atoms with Crippen LogP contribution in [0.15, 0.2) is 53.9 Å². The third kappa shape index (κ3) is 5.38. The Bertz CT molecular complexity index is 590. The van der Waals surface area contributed by atoms with E-state index in [1.165, 1.54) is 12.1 Å². The van der Waals surface area contributed by atoms with Gasteiger partial charge in [0.25, 0.3) is 0 Å². The molecule has 4 nitrogen and oxygen atoms in total. The van der Waals surface area contributed by atoms with E-state index in [0.717, 1.165) is 16.8 Å². The molecule has 2 aromatic rings. The van der Waals surface area contributed by atoms with Gasteiger partial charge in [0.05, 0.1) is 18.9 Å². The second-order valence-corrected chi connectivity index (χ2v) is 5.69. The number of pyridine rings is 1. The average Bonchev–Trinajstić information content (AvgIpc) is 2.55. The van der Waals surface area contributed by atoms with Gasteiger partial charge in [-0.3, -0.25) is 4.98 Å². The van der Waals surface area contributed by atoms with Gasteiger partial charge in [0.15, 0.2) is 9.76 Å². The summed E-state index contributed by atoms with van der Waals surface area (Å²) in [5.74, 6) is -0.249. The topological polar surface area (TPSA) is 46.5 Å². The third-order valence-electron chi connectivity index (χ3n) is 3.07. The predicted molar refractivity (Wildman–Crippen MR) is 89.2 cm³/mol. The molecule has 1 heterocycles. The molecule has 0 amide bonds. The van der Waals surface area contributed by atoms with Crippen LogP contribution in [-0.2, 0) is 10.8 Å². The van der Waals surface area contributed by atoms with Gasteiger partial charge in [0.1, 0.15) is 5.82 Å². The summed E-state index contributed by atoms with van der Waals surface area (Å²) in [6.07, 6.45) is 4.17. The molecule has 0 unspecified atom stereocenters. The van der Waals surface area contributed by atoms with Crippen molar-refractivity contribution >= 4 is 15.5 Å². The lowest BCUT2D eigenvalue weighted by Crippen LogP contribution is -2.18. The van der Waals surface area contributed by atoms with Crippen molar-refractivity contribution < 1.29 is 8.82 Å². The van der Waals surface area contributed by atoms with E-state index in [9.17, 15) is 4.39 Å². The number of nitrogens with zero attached hydrogens (tertiary/aromatic N) is 2. The maximum Gasteiger partial charge on any atom is 0.158 e. The highest BCUT2D eigenvalue weighted by atomic mass is 28.2. The van der Waals surface area contributed by atoms with Crippen LogP contribution < -0.4 is 5.43 Å². The lowest BCUT2D eigenvalue weighted by Gasteiger charge is -2.09. The van der Waals surface area contributed by atoms with E-state index in [0.29, 0.717) is 19.6 Å². The molecular weight excluding hydrogens is 297 g/mol. The smallest absolute Gasteiger partial charge is 0.158 e. The number of rotatable bonds is 8. The molecule has 2 rings (SSSR count). The van der Waals surface area contributed by atoms with Crippen LogP contribution >= 0.6 is 0 Å². The molecule has 0 radical (unpaired) electrons. The Morgan fingerprint density at radius 2 is 1.95 bits per heavy atom. The standard InChI is InChI=1S/C16H20FN3OSi/c1-22-21-11-10-19-20-16(12-13-6-8-18-9-7-13)14-2-4-15(17)5-3-14/h2-9,19H,10-12,22H2,1H3/b20-16+. The van der Waals surface area contributed by atoms with Gasteiger partial charge in [-0.05, 0) is 35.4 Å². The molecule has 0 aliphatic heterocycles. The number of benzene rings is 1. The summed E-state index contributed by atoms with van der Waals surface area (Å²) in [5.41, 5.74) is 5.90. The Balaban J connectivity index is 2.09. The van der Waals surface area contributed by atoms with E-state index in [-0.39, 0.29) is 15.6 Å². The molecule has 0 spiro atoms. The number of hydrogen-bond donors (Lipinski definition) is 1. The summed E-state index contributed by atoms with van der Waals surface area (Å²) >= 11 is 0. The molecule has 22 heavy (non-hydrogen) atoms. The molecular formula is C16H20FN3OSi. The second kappa shape index (κ2) is 9.06. The van der Waals surface area contributed by atoms with Crippen LogP contribution in [0.25, 0.3) is 0 Å². The number of halogens is 1. The van der Waals surface area contributed by atoms with Crippen molar-refractivity contribution in [3.8, 4) is 0 Å². The van der Waals surface area contributed by atoms with E-state index in [2.05, 4.69) is 22.1 Å². The summed E-state index contributed by atoms with van der Waals surface area (Å²) in [7, 11) is -0.373. The van der Waals surface area contributed by atoms with Gasteiger partial charge in [-0.2, -0.15) is 5.10 Å². The SMILES string of the molecule is C[SiH2]OCCN/N=C(\Cc1ccncc1)c1ccc(F)cc1. The van der Waals surface area contributed by atoms with E-state index in [1.807, 2.05) is 12.1 Å². The molecule has 0 saturated carbocycles. The summed E-state index contributed by atoms with van der Waals surface area (Å²) in [6.45, 7) is 3.43. The van der Waals surface area contributed by atoms with Gasteiger partial charge in [0, 0.05) is 18.8 Å². The highest BCUT2D eigenvalue weighted by Crippen LogP contribution is 2.09. The first-order valence-corrected chi connectivity index (χ1v) is 9.30. The normalized spacial score (nSPS) is 12.0. The Morgan fingerprint density at radius 3 is 2.64 bits per heavy atom. The fourth-order valence-electron chi connectivity index (χ4n) is 1.96. The van der Waals surface area contributed by atoms with Crippen LogP contribution in [0.4, 0.5) is 4.39 Å². The Hall–Kier alpha value is -2.05. The average molecular weight is 317 g/mol. The lowest BCUT2D eigenvalue weighted by atomic mass is 10.0. The summed E-state index contributed by atoms with van der Waals surface area (Å²) in [4.78, 5) is 4.02. The minimum atomic E-state index is -0.373. The van der Waals surface area contributed by atoms with E-state index in [1.54, 1.807) is 24.5 Å². The number of nitrogens with one attached hydrogen (secondary N) is 1. The fraction of sp³-hybridized carbons (Fsp3) is 0.250. The summed E-state index contributed by atoms with van der Waals surface area (Å²) < 4.78 is 18.5. The fourth-order valence-corrected chi connectivity index (χ4v) is 2.39. The molecule has 6 heteroatoms. The molecule has 1 aromatic heterocycles. The lowest BCUT2D eigenvalue weighted by molar-refractivity contribution is 0.335. The van der Waals surface area contributed by atoms with Crippen molar-refractivity contribution in [1.82, 2.24) is 10.4 Å². The summed E-state index contributed by atoms with van der Waals surface area (Å²) in [5, 5.41) is 4.45. The van der Waals surface area contributed by atoms with Crippen molar-refractivity contribution in [2.24, 2.45) is 5.10 Å². The first-order chi connectivity index (χ1) is 10.8. The molecule has 1 aromatic carbocycles. The minimum Gasteiger partial charge on any atom is -0.422 e. The molecule has 116 valence electrons. The van der Waals surface area contributed by atoms with Gasteiger partial charge in [-0.25, -0.2) is 4.39 Å². The first kappa shape index (κ1) is 16.3. The monoisotopic (exact) mass is 317 g/mol. The minimum absolute atomic E-state index is 0.249. The van der Waals surface area contributed by atoms with Crippen LogP contribution in [0.2, 0.25) is 6.55 Å². The van der Waals surface area contributed by atoms with Gasteiger partial charge in [-0.15, -0.1) is 0 Å². The first-order valence-electron chi connectivity index (χ1n) is 7.31. The number of hydrazone groups is 1. The Morgan fingerprint density at radius 1 is 1.23 bits per heavy atom. The molecule has 0 aliphatic rings. The van der Waals surface area contributed by atoms with E-state index in [4.69, 9.17) is 4.43 Å². The van der Waals surface area contributed by atoms with Crippen molar-refractivity contribution in [2.45, 2.75) is 13.0 Å². The molecule has 0 fully saturated rings. The summed E-state index contributed by atoms with van der Waals surface area (Å²) in [6, 6.07) is 10.3. The van der Waals surface area contributed by atoms with Gasteiger partial charge in [0.2, 0.25) is 0 Å². The Labute approximate surface area is 132 Å². The number of aromatic nitrogens is 1.